The Balaban J connectivity index is 2.53. The molecule has 1 rings (SSSR count). The van der Waals surface area contributed by atoms with Crippen LogP contribution in [0.5, 0.6) is 0 Å². The van der Waals surface area contributed by atoms with E-state index in [0.717, 1.165) is 12.8 Å². The van der Waals surface area contributed by atoms with Gasteiger partial charge in [0, 0.05) is 39.3 Å². The maximum Gasteiger partial charge on any atom is 0.410 e. The van der Waals surface area contributed by atoms with Crippen molar-refractivity contribution >= 4 is 29.6 Å². The number of unbranched alkanes of at least 4 members (excludes halogenated alkanes) is 2. The lowest BCUT2D eigenvalue weighted by Crippen LogP contribution is -2.39. The molecule has 8 nitrogen and oxygen atoms in total. The number of rotatable bonds is 11. The van der Waals surface area contributed by atoms with Gasteiger partial charge in [-0.15, -0.1) is 0 Å². The Kier molecular flexibility index (Phi) is 11.8. The van der Waals surface area contributed by atoms with Gasteiger partial charge in [0.05, 0.1) is 5.56 Å². The van der Waals surface area contributed by atoms with Crippen molar-refractivity contribution in [1.29, 1.82) is 0 Å². The van der Waals surface area contributed by atoms with Gasteiger partial charge in [0.2, 0.25) is 0 Å². The van der Waals surface area contributed by atoms with Crippen molar-refractivity contribution in [2.45, 2.75) is 84.8 Å². The maximum absolute atomic E-state index is 12.7. The summed E-state index contributed by atoms with van der Waals surface area (Å²) in [6.07, 6.45) is 4.26. The quantitative estimate of drug-likeness (QED) is 0.233. The summed E-state index contributed by atoms with van der Waals surface area (Å²) in [5, 5.41) is 0.332. The number of carbonyl (C=O) groups excluding carboxylic acids is 3. The molecule has 34 heavy (non-hydrogen) atoms. The van der Waals surface area contributed by atoms with Gasteiger partial charge in [0.15, 0.2) is 0 Å². The lowest BCUT2D eigenvalue weighted by molar-refractivity contribution is -0.154. The monoisotopic (exact) mass is 497 g/mol. The van der Waals surface area contributed by atoms with Crippen LogP contribution in [0.1, 0.15) is 84.0 Å². The van der Waals surface area contributed by atoms with Crippen molar-refractivity contribution in [3.05, 3.63) is 29.0 Å². The van der Waals surface area contributed by atoms with Crippen LogP contribution in [-0.4, -0.2) is 70.6 Å². The number of amides is 2. The molecule has 0 aliphatic carbocycles. The fraction of sp³-hybridized carbons (Fsp3) is 0.680. The second kappa shape index (κ2) is 13.5. The highest BCUT2D eigenvalue weighted by Gasteiger charge is 2.22. The third-order valence-electron chi connectivity index (χ3n) is 4.62. The molecule has 0 radical (unpaired) electrons. The van der Waals surface area contributed by atoms with Gasteiger partial charge in [-0.3, -0.25) is 9.59 Å². The predicted molar refractivity (Wildman–Crippen MR) is 133 cm³/mol. The molecule has 0 unspecified atom stereocenters. The molecule has 1 aromatic heterocycles. The predicted octanol–water partition coefficient (Wildman–Crippen LogP) is 5.34. The molecule has 9 heteroatoms. The van der Waals surface area contributed by atoms with Crippen molar-refractivity contribution in [2.24, 2.45) is 0 Å². The summed E-state index contributed by atoms with van der Waals surface area (Å²) < 4.78 is 10.9. The zero-order valence-corrected chi connectivity index (χ0v) is 22.4. The minimum absolute atomic E-state index is 0.157. The molecule has 192 valence electrons. The summed E-state index contributed by atoms with van der Waals surface area (Å²) in [5.41, 5.74) is -0.621. The molecule has 0 atom stereocenters. The molecule has 0 aliphatic rings. The van der Waals surface area contributed by atoms with E-state index in [4.69, 9.17) is 21.1 Å². The van der Waals surface area contributed by atoms with Crippen molar-refractivity contribution < 1.29 is 23.9 Å². The molecule has 1 aromatic rings. The lowest BCUT2D eigenvalue weighted by atomic mass is 10.1. The van der Waals surface area contributed by atoms with E-state index < -0.39 is 11.2 Å². The number of pyridine rings is 1. The molecule has 0 N–H and O–H groups in total. The number of aromatic nitrogens is 1. The van der Waals surface area contributed by atoms with Gasteiger partial charge in [-0.1, -0.05) is 18.0 Å². The highest BCUT2D eigenvalue weighted by molar-refractivity contribution is 6.29. The molecule has 0 saturated heterocycles. The van der Waals surface area contributed by atoms with E-state index in [1.807, 2.05) is 41.5 Å². The molecule has 0 saturated carbocycles. The van der Waals surface area contributed by atoms with E-state index in [9.17, 15) is 14.4 Å². The fourth-order valence-corrected chi connectivity index (χ4v) is 3.20. The lowest BCUT2D eigenvalue weighted by Gasteiger charge is -2.28. The largest absolute Gasteiger partial charge is 0.460 e. The van der Waals surface area contributed by atoms with Crippen LogP contribution < -0.4 is 0 Å². The van der Waals surface area contributed by atoms with Gasteiger partial charge in [0.1, 0.15) is 16.4 Å². The number of nitrogens with zero attached hydrogens (tertiary/aromatic N) is 3. The number of hydrogen-bond acceptors (Lipinski definition) is 6. The number of hydrogen-bond donors (Lipinski definition) is 0. The third kappa shape index (κ3) is 12.8. The molecule has 0 aromatic carbocycles. The number of ether oxygens (including phenoxy) is 2. The van der Waals surface area contributed by atoms with Crippen LogP contribution in [-0.2, 0) is 14.3 Å². The molecule has 1 heterocycles. The molecular weight excluding hydrogens is 458 g/mol. The first-order valence-corrected chi connectivity index (χ1v) is 12.1. The molecular formula is C25H40ClN3O5. The Morgan fingerprint density at radius 1 is 0.882 bits per heavy atom. The molecule has 2 amide bonds. The van der Waals surface area contributed by atoms with Crippen LogP contribution in [0.2, 0.25) is 5.15 Å². The van der Waals surface area contributed by atoms with Crippen LogP contribution in [0.15, 0.2) is 18.3 Å². The second-order valence-corrected chi connectivity index (χ2v) is 10.7. The Bertz CT molecular complexity index is 800. The smallest absolute Gasteiger partial charge is 0.410 e. The average Bonchev–Trinajstić information content (AvgIpc) is 2.69. The van der Waals surface area contributed by atoms with E-state index in [0.29, 0.717) is 49.6 Å². The van der Waals surface area contributed by atoms with Gasteiger partial charge < -0.3 is 19.3 Å². The fourth-order valence-electron chi connectivity index (χ4n) is 3.09. The van der Waals surface area contributed by atoms with E-state index in [1.54, 1.807) is 29.0 Å². The van der Waals surface area contributed by atoms with Gasteiger partial charge in [-0.05, 0) is 72.9 Å². The summed E-state index contributed by atoms with van der Waals surface area (Å²) >= 11 is 5.78. The Labute approximate surface area is 208 Å². The molecule has 0 spiro atoms. The average molecular weight is 498 g/mol. The van der Waals surface area contributed by atoms with Gasteiger partial charge in [-0.25, -0.2) is 9.78 Å². The van der Waals surface area contributed by atoms with Crippen LogP contribution in [0.4, 0.5) is 4.79 Å². The van der Waals surface area contributed by atoms with Crippen LogP contribution in [0.3, 0.4) is 0 Å². The summed E-state index contributed by atoms with van der Waals surface area (Å²) in [6, 6.07) is 3.22. The van der Waals surface area contributed by atoms with E-state index in [-0.39, 0.29) is 18.0 Å². The van der Waals surface area contributed by atoms with E-state index in [1.165, 1.54) is 6.20 Å². The van der Waals surface area contributed by atoms with Crippen LogP contribution >= 0.6 is 11.6 Å². The van der Waals surface area contributed by atoms with Crippen molar-refractivity contribution in [1.82, 2.24) is 14.8 Å². The van der Waals surface area contributed by atoms with Gasteiger partial charge >= 0.3 is 12.1 Å². The Morgan fingerprint density at radius 2 is 1.50 bits per heavy atom. The summed E-state index contributed by atoms with van der Waals surface area (Å²) in [6.45, 7) is 12.5. The zero-order chi connectivity index (χ0) is 25.9. The SMILES string of the molecule is CN(CCCN(CCCCCC(=O)OC(C)(C)C)C(=O)OC(C)(C)C)C(=O)c1ccc(Cl)nc1. The maximum atomic E-state index is 12.7. The van der Waals surface area contributed by atoms with Gasteiger partial charge in [-0.2, -0.15) is 0 Å². The van der Waals surface area contributed by atoms with E-state index >= 15 is 0 Å². The van der Waals surface area contributed by atoms with E-state index in [2.05, 4.69) is 4.98 Å². The summed E-state index contributed by atoms with van der Waals surface area (Å²) in [7, 11) is 1.71. The summed E-state index contributed by atoms with van der Waals surface area (Å²) in [5.74, 6) is -0.366. The Hall–Kier alpha value is -2.35. The topological polar surface area (TPSA) is 89.0 Å². The number of halogens is 1. The van der Waals surface area contributed by atoms with Crippen molar-refractivity contribution in [3.8, 4) is 0 Å². The third-order valence-corrected chi connectivity index (χ3v) is 4.85. The molecule has 0 aliphatic heterocycles. The van der Waals surface area contributed by atoms with Crippen LogP contribution in [0, 0.1) is 0 Å². The standard InChI is InChI=1S/C25H40ClN3O5/c1-24(2,3)33-21(30)12-9-8-10-16-29(23(32)34-25(4,5)6)17-11-15-28(7)22(31)19-13-14-20(26)27-18-19/h13-14,18H,8-12,15-17H2,1-7H3. The molecule has 0 fully saturated rings. The highest BCUT2D eigenvalue weighted by Crippen LogP contribution is 2.14. The van der Waals surface area contributed by atoms with Crippen molar-refractivity contribution in [2.75, 3.05) is 26.7 Å². The van der Waals surface area contributed by atoms with Crippen molar-refractivity contribution in [3.63, 3.8) is 0 Å². The first kappa shape index (κ1) is 29.7. The normalized spacial score (nSPS) is 11.6. The van der Waals surface area contributed by atoms with Crippen LogP contribution in [0.25, 0.3) is 0 Å². The Morgan fingerprint density at radius 3 is 2.06 bits per heavy atom. The first-order chi connectivity index (χ1) is 15.7. The minimum Gasteiger partial charge on any atom is -0.460 e. The molecule has 0 bridgehead atoms. The minimum atomic E-state index is -0.597. The zero-order valence-electron chi connectivity index (χ0n) is 21.6. The number of carbonyl (C=O) groups is 3. The second-order valence-electron chi connectivity index (χ2n) is 10.3. The van der Waals surface area contributed by atoms with Gasteiger partial charge in [0.25, 0.3) is 5.91 Å². The number of esters is 1. The highest BCUT2D eigenvalue weighted by atomic mass is 35.5. The summed E-state index contributed by atoms with van der Waals surface area (Å²) in [4.78, 5) is 44.3. The first-order valence-electron chi connectivity index (χ1n) is 11.7.